The van der Waals surface area contributed by atoms with Gasteiger partial charge in [-0.25, -0.2) is 9.59 Å². The monoisotopic (exact) mass is 267 g/mol. The molecule has 0 bridgehead atoms. The van der Waals surface area contributed by atoms with Gasteiger partial charge < -0.3 is 14.2 Å². The van der Waals surface area contributed by atoms with Crippen LogP contribution in [-0.2, 0) is 14.3 Å². The third-order valence-electron chi connectivity index (χ3n) is 2.07. The fraction of sp³-hybridized carbons (Fsp3) is 0.250. The SMILES string of the molecule is COC(=O)NC(=O)COc1ccc(C(=O)OC)cc1. The number of amides is 2. The minimum Gasteiger partial charge on any atom is -0.484 e. The summed E-state index contributed by atoms with van der Waals surface area (Å²) in [6.45, 7) is -0.341. The van der Waals surface area contributed by atoms with Crippen molar-refractivity contribution in [2.24, 2.45) is 0 Å². The number of ether oxygens (including phenoxy) is 3. The van der Waals surface area contributed by atoms with Crippen LogP contribution in [0.5, 0.6) is 5.75 Å². The van der Waals surface area contributed by atoms with E-state index in [4.69, 9.17) is 4.74 Å². The molecule has 1 aromatic rings. The zero-order chi connectivity index (χ0) is 14.3. The largest absolute Gasteiger partial charge is 0.484 e. The molecule has 102 valence electrons. The summed E-state index contributed by atoms with van der Waals surface area (Å²) >= 11 is 0. The Kier molecular flexibility index (Phi) is 5.34. The van der Waals surface area contributed by atoms with Gasteiger partial charge in [0.1, 0.15) is 5.75 Å². The fourth-order valence-electron chi connectivity index (χ4n) is 1.15. The highest BCUT2D eigenvalue weighted by Gasteiger charge is 2.09. The fourth-order valence-corrected chi connectivity index (χ4v) is 1.15. The number of carbonyl (C=O) groups excluding carboxylic acids is 3. The van der Waals surface area contributed by atoms with Crippen molar-refractivity contribution in [2.45, 2.75) is 0 Å². The highest BCUT2D eigenvalue weighted by molar-refractivity contribution is 5.92. The summed E-state index contributed by atoms with van der Waals surface area (Å²) < 4.78 is 13.9. The number of nitrogens with one attached hydrogen (secondary N) is 1. The molecule has 1 aromatic carbocycles. The number of alkyl carbamates (subject to hydrolysis) is 1. The van der Waals surface area contributed by atoms with Gasteiger partial charge in [0.25, 0.3) is 5.91 Å². The predicted octanol–water partition coefficient (Wildman–Crippen LogP) is 0.735. The van der Waals surface area contributed by atoms with Crippen LogP contribution in [-0.4, -0.2) is 38.8 Å². The zero-order valence-electron chi connectivity index (χ0n) is 10.5. The van der Waals surface area contributed by atoms with Gasteiger partial charge in [-0.15, -0.1) is 0 Å². The standard InChI is InChI=1S/C12H13NO6/c1-17-11(15)8-3-5-9(6-4-8)19-7-10(14)13-12(16)18-2/h3-6H,7H2,1-2H3,(H,13,14,16). The van der Waals surface area contributed by atoms with Gasteiger partial charge in [-0.3, -0.25) is 10.1 Å². The Bertz CT molecular complexity index is 468. The van der Waals surface area contributed by atoms with Crippen molar-refractivity contribution in [1.82, 2.24) is 5.32 Å². The first-order valence-electron chi connectivity index (χ1n) is 5.25. The zero-order valence-corrected chi connectivity index (χ0v) is 10.5. The van der Waals surface area contributed by atoms with E-state index in [-0.39, 0.29) is 6.61 Å². The van der Waals surface area contributed by atoms with Crippen molar-refractivity contribution in [3.8, 4) is 5.75 Å². The van der Waals surface area contributed by atoms with E-state index in [1.54, 1.807) is 0 Å². The number of methoxy groups -OCH3 is 2. The molecule has 0 atom stereocenters. The number of hydrogen-bond acceptors (Lipinski definition) is 6. The Labute approximate surface area is 109 Å². The van der Waals surface area contributed by atoms with E-state index in [9.17, 15) is 14.4 Å². The van der Waals surface area contributed by atoms with E-state index in [2.05, 4.69) is 9.47 Å². The first-order chi connectivity index (χ1) is 9.06. The summed E-state index contributed by atoms with van der Waals surface area (Å²) in [7, 11) is 2.43. The average molecular weight is 267 g/mol. The summed E-state index contributed by atoms with van der Waals surface area (Å²) in [4.78, 5) is 33.1. The smallest absolute Gasteiger partial charge is 0.413 e. The molecule has 0 aliphatic heterocycles. The third-order valence-corrected chi connectivity index (χ3v) is 2.07. The molecule has 1 rings (SSSR count). The molecule has 0 fully saturated rings. The van der Waals surface area contributed by atoms with Crippen LogP contribution < -0.4 is 10.1 Å². The Balaban J connectivity index is 2.48. The van der Waals surface area contributed by atoms with Crippen LogP contribution in [0.4, 0.5) is 4.79 Å². The molecule has 0 saturated carbocycles. The number of benzene rings is 1. The summed E-state index contributed by atoms with van der Waals surface area (Å²) in [5.41, 5.74) is 0.369. The molecule has 1 N–H and O–H groups in total. The molecule has 7 nitrogen and oxygen atoms in total. The maximum atomic E-state index is 11.2. The summed E-state index contributed by atoms with van der Waals surface area (Å²) in [6, 6.07) is 6.02. The lowest BCUT2D eigenvalue weighted by Crippen LogP contribution is -2.34. The first-order valence-corrected chi connectivity index (χ1v) is 5.25. The maximum absolute atomic E-state index is 11.2. The van der Waals surface area contributed by atoms with E-state index < -0.39 is 18.0 Å². The predicted molar refractivity (Wildman–Crippen MR) is 63.8 cm³/mol. The molecule has 0 saturated heterocycles. The first kappa shape index (κ1) is 14.5. The molecular formula is C12H13NO6. The van der Waals surface area contributed by atoms with Crippen molar-refractivity contribution in [3.05, 3.63) is 29.8 Å². The van der Waals surface area contributed by atoms with E-state index in [1.807, 2.05) is 5.32 Å². The number of hydrogen-bond donors (Lipinski definition) is 1. The van der Waals surface area contributed by atoms with Crippen LogP contribution >= 0.6 is 0 Å². The number of carbonyl (C=O) groups is 3. The van der Waals surface area contributed by atoms with Crippen LogP contribution in [0.2, 0.25) is 0 Å². The van der Waals surface area contributed by atoms with E-state index in [0.29, 0.717) is 11.3 Å². The number of imide groups is 1. The Morgan fingerprint density at radius 3 is 2.21 bits per heavy atom. The number of rotatable bonds is 4. The van der Waals surface area contributed by atoms with Gasteiger partial charge in [-0.1, -0.05) is 0 Å². The van der Waals surface area contributed by atoms with Crippen LogP contribution in [0.25, 0.3) is 0 Å². The lowest BCUT2D eigenvalue weighted by molar-refractivity contribution is -0.122. The van der Waals surface area contributed by atoms with Crippen molar-refractivity contribution < 1.29 is 28.6 Å². The van der Waals surface area contributed by atoms with E-state index in [0.717, 1.165) is 7.11 Å². The highest BCUT2D eigenvalue weighted by atomic mass is 16.5. The Hall–Kier alpha value is -2.57. The molecule has 0 heterocycles. The van der Waals surface area contributed by atoms with Crippen molar-refractivity contribution in [1.29, 1.82) is 0 Å². The molecule has 2 amide bonds. The van der Waals surface area contributed by atoms with Crippen LogP contribution in [0.1, 0.15) is 10.4 Å². The lowest BCUT2D eigenvalue weighted by atomic mass is 10.2. The molecule has 0 spiro atoms. The quantitative estimate of drug-likeness (QED) is 0.809. The second-order valence-electron chi connectivity index (χ2n) is 3.34. The minimum absolute atomic E-state index is 0.341. The third kappa shape index (κ3) is 4.66. The summed E-state index contributed by atoms with van der Waals surface area (Å²) in [6.07, 6.45) is -0.852. The maximum Gasteiger partial charge on any atom is 0.413 e. The normalized spacial score (nSPS) is 9.37. The van der Waals surface area contributed by atoms with Crippen LogP contribution in [0.3, 0.4) is 0 Å². The van der Waals surface area contributed by atoms with Gasteiger partial charge in [0, 0.05) is 0 Å². The Morgan fingerprint density at radius 1 is 1.05 bits per heavy atom. The molecule has 0 aliphatic carbocycles. The van der Waals surface area contributed by atoms with Crippen molar-refractivity contribution in [3.63, 3.8) is 0 Å². The lowest BCUT2D eigenvalue weighted by Gasteiger charge is -2.06. The van der Waals surface area contributed by atoms with Crippen molar-refractivity contribution >= 4 is 18.0 Å². The van der Waals surface area contributed by atoms with E-state index in [1.165, 1.54) is 31.4 Å². The Morgan fingerprint density at radius 2 is 1.68 bits per heavy atom. The van der Waals surface area contributed by atoms with Gasteiger partial charge in [0.15, 0.2) is 6.61 Å². The molecule has 0 unspecified atom stereocenters. The highest BCUT2D eigenvalue weighted by Crippen LogP contribution is 2.12. The summed E-state index contributed by atoms with van der Waals surface area (Å²) in [5.74, 6) is -0.716. The van der Waals surface area contributed by atoms with E-state index >= 15 is 0 Å². The molecule has 19 heavy (non-hydrogen) atoms. The molecular weight excluding hydrogens is 254 g/mol. The van der Waals surface area contributed by atoms with Gasteiger partial charge in [0.05, 0.1) is 19.8 Å². The van der Waals surface area contributed by atoms with Gasteiger partial charge >= 0.3 is 12.1 Å². The van der Waals surface area contributed by atoms with Gasteiger partial charge in [0.2, 0.25) is 0 Å². The van der Waals surface area contributed by atoms with Crippen LogP contribution in [0, 0.1) is 0 Å². The second kappa shape index (κ2) is 7.00. The number of esters is 1. The molecule has 7 heteroatoms. The molecule has 0 radical (unpaired) electrons. The summed E-state index contributed by atoms with van der Waals surface area (Å²) in [5, 5.41) is 1.94. The minimum atomic E-state index is -0.852. The molecule has 0 aliphatic rings. The van der Waals surface area contributed by atoms with Gasteiger partial charge in [-0.2, -0.15) is 0 Å². The molecule has 0 aromatic heterocycles. The topological polar surface area (TPSA) is 90.9 Å². The van der Waals surface area contributed by atoms with Gasteiger partial charge in [-0.05, 0) is 24.3 Å². The van der Waals surface area contributed by atoms with Crippen LogP contribution in [0.15, 0.2) is 24.3 Å². The second-order valence-corrected chi connectivity index (χ2v) is 3.34. The average Bonchev–Trinajstić information content (AvgIpc) is 2.44. The van der Waals surface area contributed by atoms with Crippen molar-refractivity contribution in [2.75, 3.05) is 20.8 Å².